The van der Waals surface area contributed by atoms with Crippen LogP contribution in [0.2, 0.25) is 0 Å². The molecule has 0 aromatic carbocycles. The highest BCUT2D eigenvalue weighted by molar-refractivity contribution is 5.33. The van der Waals surface area contributed by atoms with Crippen molar-refractivity contribution >= 4 is 5.82 Å². The number of rotatable bonds is 3. The van der Waals surface area contributed by atoms with Crippen LogP contribution in [0.1, 0.15) is 63.6 Å². The molecule has 0 unspecified atom stereocenters. The lowest BCUT2D eigenvalue weighted by atomic mass is 10.1. The van der Waals surface area contributed by atoms with E-state index in [9.17, 15) is 0 Å². The average Bonchev–Trinajstić information content (AvgIpc) is 2.55. The standard InChI is InChI=1S/C12H22N4/c1-2-7-11-12(13)14-15-16(11)10-8-5-3-4-6-9-10/h10H,2-9,13H2,1H3. The first kappa shape index (κ1) is 11.4. The highest BCUT2D eigenvalue weighted by atomic mass is 15.5. The summed E-state index contributed by atoms with van der Waals surface area (Å²) in [4.78, 5) is 0. The number of hydrogen-bond donors (Lipinski definition) is 1. The van der Waals surface area contributed by atoms with Gasteiger partial charge >= 0.3 is 0 Å². The summed E-state index contributed by atoms with van der Waals surface area (Å²) >= 11 is 0. The first-order valence-electron chi connectivity index (χ1n) is 6.52. The summed E-state index contributed by atoms with van der Waals surface area (Å²) in [5, 5.41) is 8.27. The molecule has 2 N–H and O–H groups in total. The lowest BCUT2D eigenvalue weighted by Gasteiger charge is -2.16. The lowest BCUT2D eigenvalue weighted by Crippen LogP contribution is -2.13. The SMILES string of the molecule is CCCc1c(N)nnn1C1CCCCCC1. The fraction of sp³-hybridized carbons (Fsp3) is 0.833. The monoisotopic (exact) mass is 222 g/mol. The molecule has 16 heavy (non-hydrogen) atoms. The molecule has 0 amide bonds. The van der Waals surface area contributed by atoms with Crippen LogP contribution in [0.3, 0.4) is 0 Å². The molecule has 4 heteroatoms. The molecule has 1 saturated carbocycles. The van der Waals surface area contributed by atoms with E-state index >= 15 is 0 Å². The highest BCUT2D eigenvalue weighted by Gasteiger charge is 2.19. The van der Waals surface area contributed by atoms with Crippen molar-refractivity contribution in [1.82, 2.24) is 15.0 Å². The maximum Gasteiger partial charge on any atom is 0.169 e. The number of nitrogens with two attached hydrogens (primary N) is 1. The molecule has 0 bridgehead atoms. The van der Waals surface area contributed by atoms with Gasteiger partial charge in [-0.15, -0.1) is 5.10 Å². The Kier molecular flexibility index (Phi) is 3.80. The van der Waals surface area contributed by atoms with Gasteiger partial charge in [-0.2, -0.15) is 0 Å². The van der Waals surface area contributed by atoms with Crippen LogP contribution in [0.4, 0.5) is 5.82 Å². The number of hydrogen-bond acceptors (Lipinski definition) is 3. The quantitative estimate of drug-likeness (QED) is 0.800. The van der Waals surface area contributed by atoms with Crippen LogP contribution >= 0.6 is 0 Å². The summed E-state index contributed by atoms with van der Waals surface area (Å²) in [7, 11) is 0. The van der Waals surface area contributed by atoms with Crippen molar-refractivity contribution in [3.05, 3.63) is 5.69 Å². The fourth-order valence-corrected chi connectivity index (χ4v) is 2.60. The zero-order valence-corrected chi connectivity index (χ0v) is 10.2. The Balaban J connectivity index is 2.17. The summed E-state index contributed by atoms with van der Waals surface area (Å²) in [6.07, 6.45) is 9.93. The van der Waals surface area contributed by atoms with Crippen molar-refractivity contribution in [2.24, 2.45) is 0 Å². The smallest absolute Gasteiger partial charge is 0.169 e. The van der Waals surface area contributed by atoms with Gasteiger partial charge in [0.25, 0.3) is 0 Å². The molecule has 90 valence electrons. The van der Waals surface area contributed by atoms with Crippen molar-refractivity contribution in [2.75, 3.05) is 5.73 Å². The third-order valence-electron chi connectivity index (χ3n) is 3.48. The molecule has 4 nitrogen and oxygen atoms in total. The first-order chi connectivity index (χ1) is 7.83. The minimum absolute atomic E-state index is 0.536. The largest absolute Gasteiger partial charge is 0.381 e. The van der Waals surface area contributed by atoms with Crippen LogP contribution in [0.5, 0.6) is 0 Å². The van der Waals surface area contributed by atoms with Gasteiger partial charge in [-0.1, -0.05) is 44.2 Å². The predicted molar refractivity (Wildman–Crippen MR) is 65.2 cm³/mol. The highest BCUT2D eigenvalue weighted by Crippen LogP contribution is 2.28. The van der Waals surface area contributed by atoms with Gasteiger partial charge in [-0.25, -0.2) is 4.68 Å². The van der Waals surface area contributed by atoms with E-state index in [1.54, 1.807) is 0 Å². The number of anilines is 1. The Hall–Kier alpha value is -1.06. The van der Waals surface area contributed by atoms with Crippen molar-refractivity contribution in [3.63, 3.8) is 0 Å². The van der Waals surface area contributed by atoms with Gasteiger partial charge in [-0.3, -0.25) is 0 Å². The van der Waals surface area contributed by atoms with Crippen molar-refractivity contribution in [1.29, 1.82) is 0 Å². The Morgan fingerprint density at radius 3 is 2.56 bits per heavy atom. The maximum absolute atomic E-state index is 5.88. The zero-order chi connectivity index (χ0) is 11.4. The van der Waals surface area contributed by atoms with Gasteiger partial charge in [0.05, 0.1) is 11.7 Å². The van der Waals surface area contributed by atoms with Crippen molar-refractivity contribution < 1.29 is 0 Å². The normalized spacial score (nSPS) is 18.6. The predicted octanol–water partition coefficient (Wildman–Crippen LogP) is 2.71. The topological polar surface area (TPSA) is 56.7 Å². The molecule has 1 aromatic rings. The van der Waals surface area contributed by atoms with Gasteiger partial charge in [0.15, 0.2) is 5.82 Å². The molecule has 1 aliphatic rings. The number of nitrogen functional groups attached to an aromatic ring is 1. The van der Waals surface area contributed by atoms with Gasteiger partial charge in [0, 0.05) is 0 Å². The van der Waals surface area contributed by atoms with E-state index in [1.807, 2.05) is 0 Å². The van der Waals surface area contributed by atoms with Gasteiger partial charge in [-0.05, 0) is 19.3 Å². The van der Waals surface area contributed by atoms with Crippen LogP contribution < -0.4 is 5.73 Å². The second-order valence-corrected chi connectivity index (χ2v) is 4.76. The summed E-state index contributed by atoms with van der Waals surface area (Å²) in [6.45, 7) is 2.17. The minimum Gasteiger partial charge on any atom is -0.381 e. The van der Waals surface area contributed by atoms with E-state index in [0.717, 1.165) is 18.5 Å². The Labute approximate surface area is 97.2 Å². The third-order valence-corrected chi connectivity index (χ3v) is 3.48. The molecular weight excluding hydrogens is 200 g/mol. The lowest BCUT2D eigenvalue weighted by molar-refractivity contribution is 0.384. The van der Waals surface area contributed by atoms with E-state index in [2.05, 4.69) is 21.9 Å². The van der Waals surface area contributed by atoms with Crippen molar-refractivity contribution in [3.8, 4) is 0 Å². The van der Waals surface area contributed by atoms with E-state index in [1.165, 1.54) is 38.5 Å². The molecule has 0 aliphatic heterocycles. The van der Waals surface area contributed by atoms with Gasteiger partial charge in [0.2, 0.25) is 0 Å². The van der Waals surface area contributed by atoms with E-state index in [-0.39, 0.29) is 0 Å². The zero-order valence-electron chi connectivity index (χ0n) is 10.2. The maximum atomic E-state index is 5.88. The summed E-state index contributed by atoms with van der Waals surface area (Å²) in [5.41, 5.74) is 7.03. The Bertz CT molecular complexity index is 324. The molecule has 1 heterocycles. The summed E-state index contributed by atoms with van der Waals surface area (Å²) in [5.74, 6) is 0.631. The van der Waals surface area contributed by atoms with Crippen LogP contribution in [0.25, 0.3) is 0 Å². The second-order valence-electron chi connectivity index (χ2n) is 4.76. The molecule has 0 saturated heterocycles. The van der Waals surface area contributed by atoms with Crippen LogP contribution in [-0.4, -0.2) is 15.0 Å². The average molecular weight is 222 g/mol. The Morgan fingerprint density at radius 1 is 1.25 bits per heavy atom. The molecule has 2 rings (SSSR count). The summed E-state index contributed by atoms with van der Waals surface area (Å²) < 4.78 is 2.10. The molecule has 0 radical (unpaired) electrons. The first-order valence-corrected chi connectivity index (χ1v) is 6.52. The van der Waals surface area contributed by atoms with E-state index in [0.29, 0.717) is 11.9 Å². The third kappa shape index (κ3) is 2.36. The van der Waals surface area contributed by atoms with Crippen LogP contribution in [-0.2, 0) is 6.42 Å². The van der Waals surface area contributed by atoms with Gasteiger partial charge in [0.1, 0.15) is 0 Å². The minimum atomic E-state index is 0.536. The molecule has 0 atom stereocenters. The fourth-order valence-electron chi connectivity index (χ4n) is 2.60. The van der Waals surface area contributed by atoms with Crippen LogP contribution in [0, 0.1) is 0 Å². The molecule has 1 aromatic heterocycles. The van der Waals surface area contributed by atoms with Crippen molar-refractivity contribution in [2.45, 2.75) is 64.3 Å². The van der Waals surface area contributed by atoms with E-state index < -0.39 is 0 Å². The van der Waals surface area contributed by atoms with Crippen LogP contribution in [0.15, 0.2) is 0 Å². The van der Waals surface area contributed by atoms with Gasteiger partial charge < -0.3 is 5.73 Å². The number of nitrogens with zero attached hydrogens (tertiary/aromatic N) is 3. The second kappa shape index (κ2) is 5.32. The molecular formula is C12H22N4. The Morgan fingerprint density at radius 2 is 1.94 bits per heavy atom. The number of aromatic nitrogens is 3. The molecule has 1 fully saturated rings. The summed E-state index contributed by atoms with van der Waals surface area (Å²) in [6, 6.07) is 0.536. The van der Waals surface area contributed by atoms with E-state index in [4.69, 9.17) is 5.73 Å². The molecule has 1 aliphatic carbocycles. The molecule has 0 spiro atoms.